The van der Waals surface area contributed by atoms with Gasteiger partial charge in [0.25, 0.3) is 0 Å². The minimum Gasteiger partial charge on any atom is -0.508 e. The summed E-state index contributed by atoms with van der Waals surface area (Å²) in [6.07, 6.45) is 2.25. The highest BCUT2D eigenvalue weighted by molar-refractivity contribution is 5.92. The van der Waals surface area contributed by atoms with Gasteiger partial charge >= 0.3 is 11.9 Å². The molecule has 1 heterocycles. The van der Waals surface area contributed by atoms with Crippen molar-refractivity contribution in [1.29, 1.82) is 0 Å². The Labute approximate surface area is 182 Å². The summed E-state index contributed by atoms with van der Waals surface area (Å²) in [7, 11) is 0. The van der Waals surface area contributed by atoms with Gasteiger partial charge in [-0.2, -0.15) is 0 Å². The molecule has 0 aliphatic carbocycles. The number of nitrogens with one attached hydrogen (secondary N) is 3. The fourth-order valence-electron chi connectivity index (χ4n) is 2.88. The minimum absolute atomic E-state index is 0.00701. The standard InChI is InChI=1S/C20H25N5O7/c21-14(8-12-9-22-10-23-12)18(29)24-15(5-6-17(27)28)19(30)25-16(20(31)32)7-11-1-3-13(26)4-2-11/h1-4,9-10,14-16,26H,5-8,21H2,(H,22,23)(H,24,29)(H,25,30)(H,27,28)(H,31,32)/t14-,15-,16-/m0/s1. The number of aliphatic carboxylic acids is 2. The number of hydrogen-bond acceptors (Lipinski definition) is 7. The third-order valence-electron chi connectivity index (χ3n) is 4.60. The molecule has 2 aromatic rings. The number of aromatic nitrogens is 2. The molecule has 12 heteroatoms. The van der Waals surface area contributed by atoms with Crippen LogP contribution in [0.2, 0.25) is 0 Å². The number of benzene rings is 1. The predicted octanol–water partition coefficient (Wildman–Crippen LogP) is -0.853. The van der Waals surface area contributed by atoms with Crippen LogP contribution in [0.15, 0.2) is 36.8 Å². The van der Waals surface area contributed by atoms with Gasteiger partial charge in [0.05, 0.1) is 12.4 Å². The second-order valence-corrected chi connectivity index (χ2v) is 7.15. The van der Waals surface area contributed by atoms with Gasteiger partial charge in [-0.25, -0.2) is 9.78 Å². The van der Waals surface area contributed by atoms with Gasteiger partial charge < -0.3 is 36.7 Å². The van der Waals surface area contributed by atoms with Crippen molar-refractivity contribution in [3.05, 3.63) is 48.0 Å². The highest BCUT2D eigenvalue weighted by Gasteiger charge is 2.28. The van der Waals surface area contributed by atoms with Gasteiger partial charge in [0, 0.05) is 31.2 Å². The van der Waals surface area contributed by atoms with Crippen LogP contribution in [0.3, 0.4) is 0 Å². The van der Waals surface area contributed by atoms with Gasteiger partial charge in [-0.05, 0) is 24.1 Å². The van der Waals surface area contributed by atoms with Gasteiger partial charge in [-0.3, -0.25) is 14.4 Å². The number of rotatable bonds is 12. The Hall–Kier alpha value is -3.93. The molecule has 8 N–H and O–H groups in total. The summed E-state index contributed by atoms with van der Waals surface area (Å²) in [6, 6.07) is 2.11. The molecule has 0 fully saturated rings. The average molecular weight is 447 g/mol. The normalized spacial score (nSPS) is 13.5. The molecular formula is C20H25N5O7. The second kappa shape index (κ2) is 11.5. The molecule has 32 heavy (non-hydrogen) atoms. The van der Waals surface area contributed by atoms with Crippen LogP contribution in [-0.2, 0) is 32.0 Å². The molecule has 0 bridgehead atoms. The number of carbonyl (C=O) groups excluding carboxylic acids is 2. The first-order chi connectivity index (χ1) is 15.2. The largest absolute Gasteiger partial charge is 0.508 e. The van der Waals surface area contributed by atoms with Gasteiger partial charge in [0.15, 0.2) is 0 Å². The molecule has 0 saturated carbocycles. The van der Waals surface area contributed by atoms with Crippen LogP contribution in [-0.4, -0.2) is 67.2 Å². The summed E-state index contributed by atoms with van der Waals surface area (Å²) >= 11 is 0. The van der Waals surface area contributed by atoms with E-state index < -0.39 is 48.3 Å². The van der Waals surface area contributed by atoms with Crippen molar-refractivity contribution in [2.75, 3.05) is 0 Å². The number of carboxylic acid groups (broad SMARTS) is 2. The van der Waals surface area contributed by atoms with Gasteiger partial charge in [-0.1, -0.05) is 12.1 Å². The van der Waals surface area contributed by atoms with Crippen LogP contribution < -0.4 is 16.4 Å². The van der Waals surface area contributed by atoms with Crippen molar-refractivity contribution in [3.63, 3.8) is 0 Å². The Morgan fingerprint density at radius 1 is 1.00 bits per heavy atom. The maximum atomic E-state index is 12.7. The van der Waals surface area contributed by atoms with Crippen LogP contribution >= 0.6 is 0 Å². The van der Waals surface area contributed by atoms with E-state index in [1.165, 1.54) is 36.8 Å². The van der Waals surface area contributed by atoms with E-state index in [2.05, 4.69) is 20.6 Å². The molecule has 0 aliphatic heterocycles. The topological polar surface area (TPSA) is 208 Å². The Kier molecular flexibility index (Phi) is 8.72. The molecule has 12 nitrogen and oxygen atoms in total. The van der Waals surface area contributed by atoms with E-state index in [-0.39, 0.29) is 25.0 Å². The Morgan fingerprint density at radius 3 is 2.22 bits per heavy atom. The summed E-state index contributed by atoms with van der Waals surface area (Å²) < 4.78 is 0. The van der Waals surface area contributed by atoms with E-state index in [0.29, 0.717) is 11.3 Å². The Morgan fingerprint density at radius 2 is 1.66 bits per heavy atom. The second-order valence-electron chi connectivity index (χ2n) is 7.15. The molecule has 2 rings (SSSR count). The van der Waals surface area contributed by atoms with Crippen LogP contribution in [0.25, 0.3) is 0 Å². The number of aromatic hydroxyl groups is 1. The van der Waals surface area contributed by atoms with Crippen molar-refractivity contribution < 1.29 is 34.5 Å². The van der Waals surface area contributed by atoms with Crippen molar-refractivity contribution in [2.24, 2.45) is 5.73 Å². The van der Waals surface area contributed by atoms with Crippen molar-refractivity contribution >= 4 is 23.8 Å². The van der Waals surface area contributed by atoms with Crippen LogP contribution in [0.4, 0.5) is 0 Å². The number of nitrogens with zero attached hydrogens (tertiary/aromatic N) is 1. The third kappa shape index (κ3) is 7.72. The molecular weight excluding hydrogens is 422 g/mol. The van der Waals surface area contributed by atoms with Crippen LogP contribution in [0.1, 0.15) is 24.1 Å². The van der Waals surface area contributed by atoms with E-state index in [1.54, 1.807) is 0 Å². The molecule has 0 spiro atoms. The lowest BCUT2D eigenvalue weighted by atomic mass is 10.0. The molecule has 0 saturated heterocycles. The Balaban J connectivity index is 2.06. The number of imidazole rings is 1. The highest BCUT2D eigenvalue weighted by Crippen LogP contribution is 2.12. The zero-order valence-corrected chi connectivity index (χ0v) is 17.0. The lowest BCUT2D eigenvalue weighted by Gasteiger charge is -2.22. The number of hydrogen-bond donors (Lipinski definition) is 7. The number of carbonyl (C=O) groups is 4. The molecule has 0 unspecified atom stereocenters. The highest BCUT2D eigenvalue weighted by atomic mass is 16.4. The number of H-pyrrole nitrogens is 1. The van der Waals surface area contributed by atoms with Crippen LogP contribution in [0.5, 0.6) is 5.75 Å². The SMILES string of the molecule is N[C@@H](Cc1cnc[nH]1)C(=O)N[C@@H](CCC(=O)O)C(=O)N[C@@H](Cc1ccc(O)cc1)C(=O)O. The summed E-state index contributed by atoms with van der Waals surface area (Å²) in [5, 5.41) is 32.5. The maximum absolute atomic E-state index is 12.7. The summed E-state index contributed by atoms with van der Waals surface area (Å²) in [5.74, 6) is -4.04. The fourth-order valence-corrected chi connectivity index (χ4v) is 2.88. The van der Waals surface area contributed by atoms with Crippen LogP contribution in [0, 0.1) is 0 Å². The van der Waals surface area contributed by atoms with Crippen molar-refractivity contribution in [2.45, 2.75) is 43.8 Å². The monoisotopic (exact) mass is 447 g/mol. The Bertz CT molecular complexity index is 930. The number of carboxylic acids is 2. The lowest BCUT2D eigenvalue weighted by molar-refractivity contribution is -0.143. The lowest BCUT2D eigenvalue weighted by Crippen LogP contribution is -2.55. The first kappa shape index (κ1) is 24.3. The summed E-state index contributed by atoms with van der Waals surface area (Å²) in [4.78, 5) is 54.3. The zero-order valence-electron chi connectivity index (χ0n) is 17.0. The number of nitrogens with two attached hydrogens (primary N) is 1. The first-order valence-corrected chi connectivity index (χ1v) is 9.71. The van der Waals surface area contributed by atoms with Gasteiger partial charge in [0.1, 0.15) is 17.8 Å². The van der Waals surface area contributed by atoms with E-state index in [1.807, 2.05) is 0 Å². The van der Waals surface area contributed by atoms with Crippen molar-refractivity contribution in [3.8, 4) is 5.75 Å². The molecule has 1 aromatic carbocycles. The minimum atomic E-state index is -1.34. The average Bonchev–Trinajstić information content (AvgIpc) is 3.24. The quantitative estimate of drug-likeness (QED) is 0.216. The number of aromatic amines is 1. The van der Waals surface area contributed by atoms with Gasteiger partial charge in [0.2, 0.25) is 11.8 Å². The summed E-state index contributed by atoms with van der Waals surface area (Å²) in [5.41, 5.74) is 7.00. The van der Waals surface area contributed by atoms with Gasteiger partial charge in [-0.15, -0.1) is 0 Å². The maximum Gasteiger partial charge on any atom is 0.326 e. The van der Waals surface area contributed by atoms with E-state index in [0.717, 1.165) is 0 Å². The summed E-state index contributed by atoms with van der Waals surface area (Å²) in [6.45, 7) is 0. The number of phenolic OH excluding ortho intramolecular Hbond substituents is 1. The predicted molar refractivity (Wildman–Crippen MR) is 110 cm³/mol. The molecule has 2 amide bonds. The fraction of sp³-hybridized carbons (Fsp3) is 0.350. The van der Waals surface area contributed by atoms with E-state index >= 15 is 0 Å². The molecule has 172 valence electrons. The third-order valence-corrected chi connectivity index (χ3v) is 4.60. The number of amides is 2. The molecule has 0 radical (unpaired) electrons. The first-order valence-electron chi connectivity index (χ1n) is 9.71. The number of phenols is 1. The van der Waals surface area contributed by atoms with E-state index in [9.17, 15) is 29.4 Å². The van der Waals surface area contributed by atoms with Crippen molar-refractivity contribution in [1.82, 2.24) is 20.6 Å². The van der Waals surface area contributed by atoms with E-state index in [4.69, 9.17) is 10.8 Å². The zero-order chi connectivity index (χ0) is 23.7. The smallest absolute Gasteiger partial charge is 0.326 e. The molecule has 3 atom stereocenters. The molecule has 0 aliphatic rings. The molecule has 1 aromatic heterocycles.